The van der Waals surface area contributed by atoms with Gasteiger partial charge in [-0.2, -0.15) is 0 Å². The molecule has 1 aliphatic heterocycles. The van der Waals surface area contributed by atoms with Gasteiger partial charge in [0.1, 0.15) is 13.2 Å². The maximum Gasteiger partial charge on any atom is 0.325 e. The van der Waals surface area contributed by atoms with Gasteiger partial charge in [-0.3, -0.25) is 10.1 Å². The van der Waals surface area contributed by atoms with E-state index < -0.39 is 11.9 Å². The van der Waals surface area contributed by atoms with Crippen LogP contribution in [0.2, 0.25) is 5.02 Å². The zero-order chi connectivity index (χ0) is 19.2. The Kier molecular flexibility index (Phi) is 6.16. The van der Waals surface area contributed by atoms with E-state index in [-0.39, 0.29) is 12.6 Å². The van der Waals surface area contributed by atoms with E-state index in [2.05, 4.69) is 16.0 Å². The lowest BCUT2D eigenvalue weighted by Crippen LogP contribution is -2.40. The molecule has 0 saturated heterocycles. The SMILES string of the molecule is CC(NCC(=O)NC(=O)Nc1ccc2c(c1)OCCO2)c1ccccc1Cl. The highest BCUT2D eigenvalue weighted by atomic mass is 35.5. The largest absolute Gasteiger partial charge is 0.486 e. The molecule has 0 aromatic heterocycles. The minimum Gasteiger partial charge on any atom is -0.486 e. The normalized spacial score (nSPS) is 13.6. The second kappa shape index (κ2) is 8.75. The van der Waals surface area contributed by atoms with Gasteiger partial charge in [0.15, 0.2) is 11.5 Å². The second-order valence-corrected chi connectivity index (χ2v) is 6.39. The molecule has 1 aliphatic rings. The van der Waals surface area contributed by atoms with Crippen LogP contribution in [0, 0.1) is 0 Å². The number of amides is 3. The fourth-order valence-electron chi connectivity index (χ4n) is 2.64. The first-order valence-corrected chi connectivity index (χ1v) is 8.89. The number of hydrogen-bond acceptors (Lipinski definition) is 5. The van der Waals surface area contributed by atoms with Crippen LogP contribution in [0.15, 0.2) is 42.5 Å². The molecule has 27 heavy (non-hydrogen) atoms. The molecule has 0 spiro atoms. The number of benzene rings is 2. The van der Waals surface area contributed by atoms with Gasteiger partial charge in [-0.05, 0) is 30.7 Å². The van der Waals surface area contributed by atoms with E-state index in [1.165, 1.54) is 0 Å². The molecule has 2 aromatic rings. The molecule has 8 heteroatoms. The molecule has 1 atom stereocenters. The van der Waals surface area contributed by atoms with Crippen LogP contribution in [0.25, 0.3) is 0 Å². The van der Waals surface area contributed by atoms with Crippen LogP contribution in [0.4, 0.5) is 10.5 Å². The van der Waals surface area contributed by atoms with Gasteiger partial charge in [0.05, 0.1) is 6.54 Å². The Labute approximate surface area is 162 Å². The predicted molar refractivity (Wildman–Crippen MR) is 102 cm³/mol. The van der Waals surface area contributed by atoms with Gasteiger partial charge in [0, 0.05) is 22.8 Å². The Hall–Kier alpha value is -2.77. The van der Waals surface area contributed by atoms with Crippen LogP contribution in [0.3, 0.4) is 0 Å². The first kappa shape index (κ1) is 19.0. The number of hydrogen-bond donors (Lipinski definition) is 3. The van der Waals surface area contributed by atoms with Gasteiger partial charge in [-0.1, -0.05) is 29.8 Å². The monoisotopic (exact) mass is 389 g/mol. The smallest absolute Gasteiger partial charge is 0.325 e. The highest BCUT2D eigenvalue weighted by Crippen LogP contribution is 2.32. The molecule has 142 valence electrons. The molecule has 3 N–H and O–H groups in total. The quantitative estimate of drug-likeness (QED) is 0.731. The highest BCUT2D eigenvalue weighted by Gasteiger charge is 2.15. The maximum atomic E-state index is 12.0. The lowest BCUT2D eigenvalue weighted by Gasteiger charge is -2.19. The van der Waals surface area contributed by atoms with Crippen LogP contribution < -0.4 is 25.4 Å². The summed E-state index contributed by atoms with van der Waals surface area (Å²) in [4.78, 5) is 24.0. The summed E-state index contributed by atoms with van der Waals surface area (Å²) in [5.41, 5.74) is 1.38. The molecule has 1 heterocycles. The van der Waals surface area contributed by atoms with Crippen LogP contribution in [0.1, 0.15) is 18.5 Å². The van der Waals surface area contributed by atoms with Crippen molar-refractivity contribution in [3.63, 3.8) is 0 Å². The molecular weight excluding hydrogens is 370 g/mol. The molecule has 7 nitrogen and oxygen atoms in total. The van der Waals surface area contributed by atoms with E-state index in [4.69, 9.17) is 21.1 Å². The predicted octanol–water partition coefficient (Wildman–Crippen LogP) is 3.11. The van der Waals surface area contributed by atoms with Gasteiger partial charge in [-0.15, -0.1) is 0 Å². The van der Waals surface area contributed by atoms with Crippen molar-refractivity contribution in [1.82, 2.24) is 10.6 Å². The molecule has 2 aromatic carbocycles. The van der Waals surface area contributed by atoms with Crippen LogP contribution in [0.5, 0.6) is 11.5 Å². The molecule has 1 unspecified atom stereocenters. The van der Waals surface area contributed by atoms with Crippen LogP contribution >= 0.6 is 11.6 Å². The van der Waals surface area contributed by atoms with Gasteiger partial charge < -0.3 is 20.1 Å². The highest BCUT2D eigenvalue weighted by molar-refractivity contribution is 6.31. The van der Waals surface area contributed by atoms with E-state index in [1.54, 1.807) is 24.3 Å². The first-order chi connectivity index (χ1) is 13.0. The van der Waals surface area contributed by atoms with Crippen molar-refractivity contribution < 1.29 is 19.1 Å². The zero-order valence-corrected chi connectivity index (χ0v) is 15.5. The summed E-state index contributed by atoms with van der Waals surface area (Å²) in [6, 6.07) is 11.7. The molecular formula is C19H20ClN3O4. The number of urea groups is 1. The van der Waals surface area contributed by atoms with Crippen LogP contribution in [-0.2, 0) is 4.79 Å². The van der Waals surface area contributed by atoms with E-state index in [0.717, 1.165) is 5.56 Å². The lowest BCUT2D eigenvalue weighted by atomic mass is 10.1. The minimum absolute atomic E-state index is 0.0268. The third-order valence-electron chi connectivity index (χ3n) is 3.99. The minimum atomic E-state index is -0.621. The number of anilines is 1. The zero-order valence-electron chi connectivity index (χ0n) is 14.8. The lowest BCUT2D eigenvalue weighted by molar-refractivity contribution is -0.119. The third-order valence-corrected chi connectivity index (χ3v) is 4.34. The van der Waals surface area contributed by atoms with Gasteiger partial charge in [-0.25, -0.2) is 4.79 Å². The summed E-state index contributed by atoms with van der Waals surface area (Å²) in [6.07, 6.45) is 0. The Morgan fingerprint density at radius 2 is 1.85 bits per heavy atom. The molecule has 3 amide bonds. The van der Waals surface area contributed by atoms with Crippen molar-refractivity contribution in [2.45, 2.75) is 13.0 Å². The summed E-state index contributed by atoms with van der Waals surface area (Å²) in [5, 5.41) is 8.53. The Balaban J connectivity index is 1.48. The van der Waals surface area contributed by atoms with E-state index >= 15 is 0 Å². The Bertz CT molecular complexity index is 843. The number of carbonyl (C=O) groups is 2. The number of halogens is 1. The van der Waals surface area contributed by atoms with Crippen LogP contribution in [-0.4, -0.2) is 31.7 Å². The van der Waals surface area contributed by atoms with Gasteiger partial charge in [0.2, 0.25) is 5.91 Å². The van der Waals surface area contributed by atoms with Gasteiger partial charge >= 0.3 is 6.03 Å². The van der Waals surface area contributed by atoms with Crippen molar-refractivity contribution in [2.75, 3.05) is 25.1 Å². The summed E-state index contributed by atoms with van der Waals surface area (Å²) >= 11 is 6.14. The van der Waals surface area contributed by atoms with Crippen molar-refractivity contribution in [1.29, 1.82) is 0 Å². The van der Waals surface area contributed by atoms with E-state index in [0.29, 0.717) is 35.4 Å². The number of ether oxygens (including phenoxy) is 2. The molecule has 3 rings (SSSR count). The maximum absolute atomic E-state index is 12.0. The molecule has 0 radical (unpaired) electrons. The number of fused-ring (bicyclic) bond motifs is 1. The van der Waals surface area contributed by atoms with Gasteiger partial charge in [0.25, 0.3) is 0 Å². The summed E-state index contributed by atoms with van der Waals surface area (Å²) in [7, 11) is 0. The molecule has 0 saturated carbocycles. The number of rotatable bonds is 5. The van der Waals surface area contributed by atoms with Crippen molar-refractivity contribution in [3.05, 3.63) is 53.1 Å². The van der Waals surface area contributed by atoms with Crippen molar-refractivity contribution >= 4 is 29.2 Å². The molecule has 0 aliphatic carbocycles. The number of carbonyl (C=O) groups excluding carboxylic acids is 2. The Morgan fingerprint density at radius 3 is 2.63 bits per heavy atom. The fourth-order valence-corrected chi connectivity index (χ4v) is 2.94. The standard InChI is InChI=1S/C19H20ClN3O4/c1-12(14-4-2-3-5-15(14)20)21-11-18(24)23-19(25)22-13-6-7-16-17(10-13)27-9-8-26-16/h2-7,10,12,21H,8-9,11H2,1H3,(H2,22,23,24,25). The second-order valence-electron chi connectivity index (χ2n) is 5.98. The van der Waals surface area contributed by atoms with Crippen molar-refractivity contribution in [2.24, 2.45) is 0 Å². The topological polar surface area (TPSA) is 88.7 Å². The van der Waals surface area contributed by atoms with E-state index in [1.807, 2.05) is 25.1 Å². The fraction of sp³-hybridized carbons (Fsp3) is 0.263. The number of imide groups is 1. The van der Waals surface area contributed by atoms with E-state index in [9.17, 15) is 9.59 Å². The molecule has 0 bridgehead atoms. The average Bonchev–Trinajstić information content (AvgIpc) is 2.66. The average molecular weight is 390 g/mol. The summed E-state index contributed by atoms with van der Waals surface area (Å²) in [5.74, 6) is 0.727. The number of nitrogens with one attached hydrogen (secondary N) is 3. The molecule has 0 fully saturated rings. The first-order valence-electron chi connectivity index (χ1n) is 8.51. The Morgan fingerprint density at radius 1 is 1.11 bits per heavy atom. The summed E-state index contributed by atoms with van der Waals surface area (Å²) < 4.78 is 10.9. The summed E-state index contributed by atoms with van der Waals surface area (Å²) in [6.45, 7) is 2.81. The van der Waals surface area contributed by atoms with Crippen molar-refractivity contribution in [3.8, 4) is 11.5 Å². The third kappa shape index (κ3) is 5.12.